The molecule has 0 bridgehead atoms. The third kappa shape index (κ3) is 4.06. The molecule has 0 saturated heterocycles. The van der Waals surface area contributed by atoms with Crippen molar-refractivity contribution in [2.24, 2.45) is 5.73 Å². The molecule has 0 spiro atoms. The van der Waals surface area contributed by atoms with Crippen LogP contribution in [0.3, 0.4) is 0 Å². The highest BCUT2D eigenvalue weighted by molar-refractivity contribution is 7.21. The fraction of sp³-hybridized carbons (Fsp3) is 0.0769. The van der Waals surface area contributed by atoms with Gasteiger partial charge in [-0.05, 0) is 35.9 Å². The van der Waals surface area contributed by atoms with Crippen LogP contribution in [0, 0.1) is 11.3 Å². The molecule has 1 unspecified atom stereocenters. The standard InChI is InChI=1S/C26H16Cl2N2O4S/c1-32-14-5-2-4-13(10-14)21-16-9-8-15(11-19(16)34-25(30)17(21)12-29)33-26(31)24-23(28)22-18(27)6-3-7-20(22)35-24/h2-11,21H,30H2,1H3. The SMILES string of the molecule is COc1cccc(C2C(C#N)=C(N)Oc3cc(OC(=O)c4sc5cccc(Cl)c5c4Cl)ccc32)c1. The molecule has 2 heterocycles. The molecular weight excluding hydrogens is 507 g/mol. The minimum Gasteiger partial charge on any atom is -0.497 e. The van der Waals surface area contributed by atoms with Crippen LogP contribution in [-0.4, -0.2) is 13.1 Å². The molecule has 9 heteroatoms. The zero-order valence-corrected chi connectivity index (χ0v) is 20.5. The predicted molar refractivity (Wildman–Crippen MR) is 136 cm³/mol. The van der Waals surface area contributed by atoms with Crippen LogP contribution >= 0.6 is 34.5 Å². The third-order valence-electron chi connectivity index (χ3n) is 5.62. The number of ether oxygens (including phenoxy) is 3. The van der Waals surface area contributed by atoms with Gasteiger partial charge in [0.05, 0.1) is 23.1 Å². The number of nitrogens with zero attached hydrogens (tertiary/aromatic N) is 1. The molecule has 6 nitrogen and oxygen atoms in total. The number of rotatable bonds is 4. The summed E-state index contributed by atoms with van der Waals surface area (Å²) in [6.07, 6.45) is 0. The number of fused-ring (bicyclic) bond motifs is 2. The maximum absolute atomic E-state index is 12.9. The molecule has 174 valence electrons. The Morgan fingerprint density at radius 3 is 2.66 bits per heavy atom. The summed E-state index contributed by atoms with van der Waals surface area (Å²) in [7, 11) is 1.57. The molecule has 5 rings (SSSR count). The van der Waals surface area contributed by atoms with Gasteiger partial charge in [0.15, 0.2) is 0 Å². The Morgan fingerprint density at radius 1 is 1.11 bits per heavy atom. The molecule has 2 N–H and O–H groups in total. The predicted octanol–water partition coefficient (Wildman–Crippen LogP) is 6.65. The molecule has 35 heavy (non-hydrogen) atoms. The van der Waals surface area contributed by atoms with Crippen LogP contribution in [0.1, 0.15) is 26.7 Å². The molecular formula is C26H16Cl2N2O4S. The number of carbonyl (C=O) groups excluding carboxylic acids is 1. The summed E-state index contributed by atoms with van der Waals surface area (Å²) in [4.78, 5) is 13.2. The maximum atomic E-state index is 12.9. The van der Waals surface area contributed by atoms with E-state index < -0.39 is 11.9 Å². The fourth-order valence-electron chi connectivity index (χ4n) is 4.02. The fourth-order valence-corrected chi connectivity index (χ4v) is 5.84. The summed E-state index contributed by atoms with van der Waals surface area (Å²) in [6, 6.07) is 19.8. The number of thiophene rings is 1. The van der Waals surface area contributed by atoms with E-state index in [0.29, 0.717) is 27.5 Å². The molecule has 1 aliphatic heterocycles. The second-order valence-electron chi connectivity index (χ2n) is 7.65. The summed E-state index contributed by atoms with van der Waals surface area (Å²) >= 11 is 13.9. The molecule has 0 saturated carbocycles. The average Bonchev–Trinajstić information content (AvgIpc) is 3.20. The number of hydrogen-bond donors (Lipinski definition) is 1. The van der Waals surface area contributed by atoms with Crippen molar-refractivity contribution in [2.75, 3.05) is 7.11 Å². The van der Waals surface area contributed by atoms with Gasteiger partial charge in [0, 0.05) is 21.7 Å². The van der Waals surface area contributed by atoms with E-state index in [1.807, 2.05) is 30.3 Å². The Balaban J connectivity index is 1.50. The molecule has 3 aromatic carbocycles. The summed E-state index contributed by atoms with van der Waals surface area (Å²) < 4.78 is 17.5. The van der Waals surface area contributed by atoms with Gasteiger partial charge in [0.2, 0.25) is 5.88 Å². The number of hydrogen-bond acceptors (Lipinski definition) is 7. The monoisotopic (exact) mass is 522 g/mol. The number of nitriles is 1. The highest BCUT2D eigenvalue weighted by Gasteiger charge is 2.31. The largest absolute Gasteiger partial charge is 0.497 e. The molecule has 0 aliphatic carbocycles. The van der Waals surface area contributed by atoms with Crippen LogP contribution < -0.4 is 19.9 Å². The van der Waals surface area contributed by atoms with Gasteiger partial charge in [-0.25, -0.2) is 4.79 Å². The van der Waals surface area contributed by atoms with Crippen molar-refractivity contribution in [3.05, 3.63) is 98.2 Å². The lowest BCUT2D eigenvalue weighted by Crippen LogP contribution is -2.21. The average molecular weight is 523 g/mol. The Bertz CT molecular complexity index is 1570. The van der Waals surface area contributed by atoms with Crippen molar-refractivity contribution in [1.29, 1.82) is 5.26 Å². The topological polar surface area (TPSA) is 94.6 Å². The van der Waals surface area contributed by atoms with Crippen LogP contribution in [0.15, 0.2) is 72.1 Å². The lowest BCUT2D eigenvalue weighted by atomic mass is 9.83. The van der Waals surface area contributed by atoms with Crippen molar-refractivity contribution >= 4 is 50.6 Å². The lowest BCUT2D eigenvalue weighted by molar-refractivity contribution is 0.0740. The zero-order chi connectivity index (χ0) is 24.7. The Morgan fingerprint density at radius 2 is 1.91 bits per heavy atom. The van der Waals surface area contributed by atoms with Crippen LogP contribution in [0.4, 0.5) is 0 Å². The first-order chi connectivity index (χ1) is 16.9. The normalized spacial score (nSPS) is 14.7. The summed E-state index contributed by atoms with van der Waals surface area (Å²) in [5, 5.41) is 11.1. The van der Waals surface area contributed by atoms with E-state index in [1.165, 1.54) is 11.3 Å². The van der Waals surface area contributed by atoms with Crippen molar-refractivity contribution in [3.8, 4) is 23.3 Å². The molecule has 1 atom stereocenters. The highest BCUT2D eigenvalue weighted by Crippen LogP contribution is 2.44. The third-order valence-corrected chi connectivity index (χ3v) is 7.56. The van der Waals surface area contributed by atoms with E-state index in [4.69, 9.17) is 43.1 Å². The van der Waals surface area contributed by atoms with E-state index in [1.54, 1.807) is 37.4 Å². The second kappa shape index (κ2) is 9.16. The van der Waals surface area contributed by atoms with Crippen LogP contribution in [0.5, 0.6) is 17.2 Å². The maximum Gasteiger partial charge on any atom is 0.355 e. The van der Waals surface area contributed by atoms with Gasteiger partial charge < -0.3 is 19.9 Å². The van der Waals surface area contributed by atoms with Gasteiger partial charge in [-0.3, -0.25) is 0 Å². The van der Waals surface area contributed by atoms with Gasteiger partial charge in [-0.1, -0.05) is 47.5 Å². The molecule has 0 fully saturated rings. The smallest absolute Gasteiger partial charge is 0.355 e. The molecule has 0 amide bonds. The first-order valence-corrected chi connectivity index (χ1v) is 11.9. The summed E-state index contributed by atoms with van der Waals surface area (Å²) in [5.41, 5.74) is 7.89. The summed E-state index contributed by atoms with van der Waals surface area (Å²) in [6.45, 7) is 0. The van der Waals surface area contributed by atoms with Crippen LogP contribution in [0.2, 0.25) is 10.0 Å². The first kappa shape index (κ1) is 23.1. The number of halogens is 2. The number of carbonyl (C=O) groups is 1. The zero-order valence-electron chi connectivity index (χ0n) is 18.2. The Kier molecular flexibility index (Phi) is 6.03. The minimum atomic E-state index is -0.617. The highest BCUT2D eigenvalue weighted by atomic mass is 35.5. The molecule has 1 aliphatic rings. The Labute approximate surface area is 214 Å². The summed E-state index contributed by atoms with van der Waals surface area (Å²) in [5.74, 6) is 0.170. The van der Waals surface area contributed by atoms with Crippen molar-refractivity contribution in [3.63, 3.8) is 0 Å². The van der Waals surface area contributed by atoms with E-state index in [2.05, 4.69) is 6.07 Å². The van der Waals surface area contributed by atoms with E-state index >= 15 is 0 Å². The van der Waals surface area contributed by atoms with Crippen molar-refractivity contribution in [1.82, 2.24) is 0 Å². The second-order valence-corrected chi connectivity index (χ2v) is 9.49. The minimum absolute atomic E-state index is 0.0153. The van der Waals surface area contributed by atoms with Gasteiger partial charge in [-0.15, -0.1) is 11.3 Å². The van der Waals surface area contributed by atoms with Gasteiger partial charge in [0.1, 0.15) is 33.8 Å². The van der Waals surface area contributed by atoms with Gasteiger partial charge >= 0.3 is 5.97 Å². The van der Waals surface area contributed by atoms with E-state index in [0.717, 1.165) is 10.3 Å². The quantitative estimate of drug-likeness (QED) is 0.238. The number of benzene rings is 3. The van der Waals surface area contributed by atoms with Crippen LogP contribution in [-0.2, 0) is 0 Å². The first-order valence-electron chi connectivity index (χ1n) is 10.4. The molecule has 4 aromatic rings. The van der Waals surface area contributed by atoms with Crippen molar-refractivity contribution < 1.29 is 19.0 Å². The Hall–Kier alpha value is -3.70. The number of methoxy groups -OCH3 is 1. The number of esters is 1. The van der Waals surface area contributed by atoms with Crippen LogP contribution in [0.25, 0.3) is 10.1 Å². The molecule has 0 radical (unpaired) electrons. The van der Waals surface area contributed by atoms with Gasteiger partial charge in [0.25, 0.3) is 0 Å². The lowest BCUT2D eigenvalue weighted by Gasteiger charge is -2.27. The number of allylic oxidation sites excluding steroid dienone is 1. The molecule has 1 aromatic heterocycles. The van der Waals surface area contributed by atoms with E-state index in [9.17, 15) is 10.1 Å². The van der Waals surface area contributed by atoms with Gasteiger partial charge in [-0.2, -0.15) is 5.26 Å². The number of nitrogens with two attached hydrogens (primary N) is 1. The van der Waals surface area contributed by atoms with Crippen molar-refractivity contribution in [2.45, 2.75) is 5.92 Å². The van der Waals surface area contributed by atoms with E-state index in [-0.39, 0.29) is 27.1 Å².